The standard InChI is InChI=1S/C17H13NO2/c1-20-13-6-4-5-12(11-13)17(19)15-9-10-18-16-8-3-2-7-14(15)16/h2-11H,1H3. The Morgan fingerprint density at radius 3 is 2.75 bits per heavy atom. The molecule has 0 unspecified atom stereocenters. The van der Waals surface area contributed by atoms with Crippen LogP contribution in [0, 0.1) is 0 Å². The van der Waals surface area contributed by atoms with E-state index in [-0.39, 0.29) is 5.78 Å². The first-order chi connectivity index (χ1) is 9.79. The van der Waals surface area contributed by atoms with Crippen LogP contribution in [-0.2, 0) is 0 Å². The predicted molar refractivity (Wildman–Crippen MR) is 78.2 cm³/mol. The van der Waals surface area contributed by atoms with E-state index in [1.54, 1.807) is 31.5 Å². The van der Waals surface area contributed by atoms with Gasteiger partial charge < -0.3 is 4.74 Å². The number of carbonyl (C=O) groups is 1. The highest BCUT2D eigenvalue weighted by Gasteiger charge is 2.13. The van der Waals surface area contributed by atoms with Crippen LogP contribution >= 0.6 is 0 Å². The summed E-state index contributed by atoms with van der Waals surface area (Å²) in [5, 5.41) is 0.864. The number of carbonyl (C=O) groups excluding carboxylic acids is 1. The fourth-order valence-corrected chi connectivity index (χ4v) is 2.21. The summed E-state index contributed by atoms with van der Waals surface area (Å²) in [5.41, 5.74) is 2.09. The Hall–Kier alpha value is -2.68. The van der Waals surface area contributed by atoms with Crippen molar-refractivity contribution in [3.05, 3.63) is 71.9 Å². The summed E-state index contributed by atoms with van der Waals surface area (Å²) in [4.78, 5) is 16.9. The summed E-state index contributed by atoms with van der Waals surface area (Å²) < 4.78 is 5.16. The maximum atomic E-state index is 12.6. The number of ether oxygens (including phenoxy) is 1. The number of fused-ring (bicyclic) bond motifs is 1. The molecule has 0 aliphatic carbocycles. The number of hydrogen-bond donors (Lipinski definition) is 0. The molecule has 20 heavy (non-hydrogen) atoms. The Kier molecular flexibility index (Phi) is 3.17. The minimum absolute atomic E-state index is 0.0255. The minimum Gasteiger partial charge on any atom is -0.497 e. The first-order valence-corrected chi connectivity index (χ1v) is 6.32. The van der Waals surface area contributed by atoms with Crippen molar-refractivity contribution in [1.29, 1.82) is 0 Å². The monoisotopic (exact) mass is 263 g/mol. The van der Waals surface area contributed by atoms with Gasteiger partial charge in [0.1, 0.15) is 5.75 Å². The number of pyridine rings is 1. The van der Waals surface area contributed by atoms with E-state index in [2.05, 4.69) is 4.98 Å². The average Bonchev–Trinajstić information content (AvgIpc) is 2.53. The fourth-order valence-electron chi connectivity index (χ4n) is 2.21. The first kappa shape index (κ1) is 12.4. The number of nitrogens with zero attached hydrogens (tertiary/aromatic N) is 1. The quantitative estimate of drug-likeness (QED) is 0.679. The molecule has 0 aliphatic heterocycles. The molecule has 0 spiro atoms. The summed E-state index contributed by atoms with van der Waals surface area (Å²) in [6.07, 6.45) is 1.66. The van der Waals surface area contributed by atoms with E-state index in [1.165, 1.54) is 0 Å². The highest BCUT2D eigenvalue weighted by molar-refractivity contribution is 6.15. The van der Waals surface area contributed by atoms with E-state index in [0.717, 1.165) is 10.9 Å². The zero-order chi connectivity index (χ0) is 13.9. The van der Waals surface area contributed by atoms with Crippen molar-refractivity contribution in [2.45, 2.75) is 0 Å². The van der Waals surface area contributed by atoms with Crippen LogP contribution in [0.1, 0.15) is 15.9 Å². The van der Waals surface area contributed by atoms with Crippen LogP contribution < -0.4 is 4.74 Å². The topological polar surface area (TPSA) is 39.2 Å². The second-order valence-electron chi connectivity index (χ2n) is 4.44. The van der Waals surface area contributed by atoms with E-state index < -0.39 is 0 Å². The van der Waals surface area contributed by atoms with Crippen LogP contribution in [0.15, 0.2) is 60.8 Å². The van der Waals surface area contributed by atoms with Gasteiger partial charge in [-0.2, -0.15) is 0 Å². The van der Waals surface area contributed by atoms with Gasteiger partial charge in [0.05, 0.1) is 12.6 Å². The summed E-state index contributed by atoms with van der Waals surface area (Å²) in [5.74, 6) is 0.650. The van der Waals surface area contributed by atoms with Gasteiger partial charge in [-0.3, -0.25) is 9.78 Å². The third-order valence-electron chi connectivity index (χ3n) is 3.23. The van der Waals surface area contributed by atoms with Gasteiger partial charge in [-0.15, -0.1) is 0 Å². The molecule has 3 nitrogen and oxygen atoms in total. The lowest BCUT2D eigenvalue weighted by Crippen LogP contribution is -2.03. The van der Waals surface area contributed by atoms with Crippen molar-refractivity contribution in [2.24, 2.45) is 0 Å². The van der Waals surface area contributed by atoms with Gasteiger partial charge in [-0.25, -0.2) is 0 Å². The minimum atomic E-state index is -0.0255. The SMILES string of the molecule is COc1cccc(C(=O)c2ccnc3ccccc23)c1. The normalized spacial score (nSPS) is 10.4. The lowest BCUT2D eigenvalue weighted by molar-refractivity contribution is 0.104. The summed E-state index contributed by atoms with van der Waals surface area (Å²) in [6, 6.07) is 16.6. The Balaban J connectivity index is 2.12. The fraction of sp³-hybridized carbons (Fsp3) is 0.0588. The van der Waals surface area contributed by atoms with Gasteiger partial charge in [-0.05, 0) is 24.3 Å². The molecule has 0 N–H and O–H groups in total. The third-order valence-corrected chi connectivity index (χ3v) is 3.23. The Labute approximate surface area is 116 Å². The Morgan fingerprint density at radius 2 is 1.90 bits per heavy atom. The zero-order valence-electron chi connectivity index (χ0n) is 11.0. The Morgan fingerprint density at radius 1 is 1.05 bits per heavy atom. The van der Waals surface area contributed by atoms with Crippen molar-refractivity contribution in [1.82, 2.24) is 4.98 Å². The van der Waals surface area contributed by atoms with Crippen molar-refractivity contribution < 1.29 is 9.53 Å². The average molecular weight is 263 g/mol. The molecule has 1 aromatic heterocycles. The van der Waals surface area contributed by atoms with Gasteiger partial charge >= 0.3 is 0 Å². The maximum Gasteiger partial charge on any atom is 0.193 e. The summed E-state index contributed by atoms with van der Waals surface area (Å²) in [7, 11) is 1.59. The van der Waals surface area contributed by atoms with E-state index in [1.807, 2.05) is 36.4 Å². The highest BCUT2D eigenvalue weighted by Crippen LogP contribution is 2.21. The molecule has 0 fully saturated rings. The number of methoxy groups -OCH3 is 1. The number of benzene rings is 2. The van der Waals surface area contributed by atoms with Crippen LogP contribution in [0.2, 0.25) is 0 Å². The van der Waals surface area contributed by atoms with E-state index >= 15 is 0 Å². The molecule has 0 aliphatic rings. The van der Waals surface area contributed by atoms with Crippen LogP contribution in [0.4, 0.5) is 0 Å². The van der Waals surface area contributed by atoms with Gasteiger partial charge in [0.25, 0.3) is 0 Å². The molecule has 0 amide bonds. The molecule has 3 heteroatoms. The zero-order valence-corrected chi connectivity index (χ0v) is 11.0. The van der Waals surface area contributed by atoms with E-state index in [4.69, 9.17) is 4.74 Å². The van der Waals surface area contributed by atoms with Crippen LogP contribution in [0.25, 0.3) is 10.9 Å². The molecule has 0 saturated heterocycles. The molecule has 1 heterocycles. The van der Waals surface area contributed by atoms with Crippen LogP contribution in [0.3, 0.4) is 0 Å². The van der Waals surface area contributed by atoms with Crippen molar-refractivity contribution in [3.8, 4) is 5.75 Å². The van der Waals surface area contributed by atoms with Crippen LogP contribution in [-0.4, -0.2) is 17.9 Å². The maximum absolute atomic E-state index is 12.6. The van der Waals surface area contributed by atoms with E-state index in [0.29, 0.717) is 16.9 Å². The number of para-hydroxylation sites is 1. The molecule has 0 bridgehead atoms. The second-order valence-corrected chi connectivity index (χ2v) is 4.44. The van der Waals surface area contributed by atoms with Gasteiger partial charge in [0, 0.05) is 22.7 Å². The molecule has 0 radical (unpaired) electrons. The number of ketones is 1. The first-order valence-electron chi connectivity index (χ1n) is 6.32. The second kappa shape index (κ2) is 5.13. The molecule has 0 atom stereocenters. The van der Waals surface area contributed by atoms with Gasteiger partial charge in [0.2, 0.25) is 0 Å². The molecule has 2 aromatic carbocycles. The number of aromatic nitrogens is 1. The lowest BCUT2D eigenvalue weighted by atomic mass is 10.00. The van der Waals surface area contributed by atoms with E-state index in [9.17, 15) is 4.79 Å². The molecular weight excluding hydrogens is 250 g/mol. The molecule has 3 aromatic rings. The van der Waals surface area contributed by atoms with Crippen LogP contribution in [0.5, 0.6) is 5.75 Å². The third kappa shape index (κ3) is 2.14. The largest absolute Gasteiger partial charge is 0.497 e. The number of rotatable bonds is 3. The Bertz CT molecular complexity index is 775. The highest BCUT2D eigenvalue weighted by atomic mass is 16.5. The van der Waals surface area contributed by atoms with Crippen molar-refractivity contribution in [3.63, 3.8) is 0 Å². The molecule has 3 rings (SSSR count). The van der Waals surface area contributed by atoms with Gasteiger partial charge in [-0.1, -0.05) is 30.3 Å². The molecule has 98 valence electrons. The lowest BCUT2D eigenvalue weighted by Gasteiger charge is -2.06. The molecule has 0 saturated carbocycles. The predicted octanol–water partition coefficient (Wildman–Crippen LogP) is 3.47. The summed E-state index contributed by atoms with van der Waals surface area (Å²) in [6.45, 7) is 0. The smallest absolute Gasteiger partial charge is 0.193 e. The van der Waals surface area contributed by atoms with Gasteiger partial charge in [0.15, 0.2) is 5.78 Å². The molecular formula is C17H13NO2. The van der Waals surface area contributed by atoms with Crippen molar-refractivity contribution in [2.75, 3.05) is 7.11 Å². The summed E-state index contributed by atoms with van der Waals surface area (Å²) >= 11 is 0. The van der Waals surface area contributed by atoms with Crippen molar-refractivity contribution >= 4 is 16.7 Å². The number of hydrogen-bond acceptors (Lipinski definition) is 3.